The number of rotatable bonds is 5. The first kappa shape index (κ1) is 20.3. The van der Waals surface area contributed by atoms with E-state index in [-0.39, 0.29) is 5.91 Å². The number of likely N-dealkylation sites (tertiary alicyclic amines) is 1. The normalized spacial score (nSPS) is 26.8. The van der Waals surface area contributed by atoms with Crippen molar-refractivity contribution in [2.45, 2.75) is 55.9 Å². The van der Waals surface area contributed by atoms with Crippen molar-refractivity contribution >= 4 is 40.9 Å². The van der Waals surface area contributed by atoms with E-state index in [1.54, 1.807) is 12.1 Å². The molecule has 1 aromatic carbocycles. The van der Waals surface area contributed by atoms with Gasteiger partial charge in [-0.1, -0.05) is 29.3 Å². The minimum atomic E-state index is 0.167. The van der Waals surface area contributed by atoms with E-state index in [9.17, 15) is 4.79 Å². The second-order valence-corrected chi connectivity index (χ2v) is 9.43. The first-order valence-corrected chi connectivity index (χ1v) is 11.5. The van der Waals surface area contributed by atoms with E-state index in [1.165, 1.54) is 38.8 Å². The number of halogens is 2. The lowest BCUT2D eigenvalue weighted by Crippen LogP contribution is -2.55. The number of benzene rings is 1. The van der Waals surface area contributed by atoms with Crippen LogP contribution in [-0.2, 0) is 11.2 Å². The average Bonchev–Trinajstić information content (AvgIpc) is 3.18. The number of nitrogens with zero attached hydrogens (tertiary/aromatic N) is 2. The number of likely N-dealkylation sites (N-methyl/N-ethyl adjacent to an activating group) is 1. The van der Waals surface area contributed by atoms with Crippen LogP contribution < -0.4 is 0 Å². The number of carbonyl (C=O) groups excluding carboxylic acids is 1. The van der Waals surface area contributed by atoms with Crippen LogP contribution in [0.1, 0.15) is 37.7 Å². The number of hydrogen-bond acceptors (Lipinski definition) is 3. The molecule has 1 saturated heterocycles. The van der Waals surface area contributed by atoms with Gasteiger partial charge in [0.2, 0.25) is 5.91 Å². The van der Waals surface area contributed by atoms with Crippen molar-refractivity contribution in [2.24, 2.45) is 0 Å². The highest BCUT2D eigenvalue weighted by Gasteiger charge is 2.38. The molecule has 2 fully saturated rings. The van der Waals surface area contributed by atoms with Gasteiger partial charge in [0.1, 0.15) is 0 Å². The van der Waals surface area contributed by atoms with Gasteiger partial charge in [-0.3, -0.25) is 9.69 Å². The van der Waals surface area contributed by atoms with E-state index in [0.717, 1.165) is 17.2 Å². The number of thioether (sulfide) groups is 1. The Balaban J connectivity index is 1.69. The molecule has 26 heavy (non-hydrogen) atoms. The molecule has 1 amide bonds. The van der Waals surface area contributed by atoms with Gasteiger partial charge >= 0.3 is 0 Å². The van der Waals surface area contributed by atoms with Gasteiger partial charge in [0, 0.05) is 24.4 Å². The standard InChI is InChI=1S/C20H28Cl2N2OS/c1-23(20(25)12-14-5-7-16(21)17(22)11-14)18-8-6-15(26-2)13-19(18)24-9-3-4-10-24/h5,7,11,15,18-19H,3-4,6,8-10,12-13H2,1-2H3. The molecular formula is C20H28Cl2N2OS. The van der Waals surface area contributed by atoms with Crippen molar-refractivity contribution in [3.8, 4) is 0 Å². The van der Waals surface area contributed by atoms with Crippen molar-refractivity contribution in [3.63, 3.8) is 0 Å². The van der Waals surface area contributed by atoms with E-state index in [1.807, 2.05) is 29.8 Å². The minimum Gasteiger partial charge on any atom is -0.341 e. The van der Waals surface area contributed by atoms with Crippen LogP contribution in [-0.4, -0.2) is 59.4 Å². The van der Waals surface area contributed by atoms with Gasteiger partial charge in [0.15, 0.2) is 0 Å². The Morgan fingerprint density at radius 3 is 2.62 bits per heavy atom. The van der Waals surface area contributed by atoms with Crippen LogP contribution in [0.2, 0.25) is 10.0 Å². The summed E-state index contributed by atoms with van der Waals surface area (Å²) in [5.41, 5.74) is 0.923. The Hall–Kier alpha value is -0.420. The largest absolute Gasteiger partial charge is 0.341 e. The number of carbonyl (C=O) groups is 1. The smallest absolute Gasteiger partial charge is 0.227 e. The Bertz CT molecular complexity index is 636. The predicted molar refractivity (Wildman–Crippen MR) is 112 cm³/mol. The van der Waals surface area contributed by atoms with Gasteiger partial charge in [-0.15, -0.1) is 0 Å². The fraction of sp³-hybridized carbons (Fsp3) is 0.650. The van der Waals surface area contributed by atoms with Gasteiger partial charge in [-0.05, 0) is 69.1 Å². The average molecular weight is 415 g/mol. The predicted octanol–water partition coefficient (Wildman–Crippen LogP) is 4.74. The topological polar surface area (TPSA) is 23.6 Å². The molecule has 3 rings (SSSR count). The molecular weight excluding hydrogens is 387 g/mol. The highest BCUT2D eigenvalue weighted by atomic mass is 35.5. The molecule has 144 valence electrons. The second kappa shape index (κ2) is 9.18. The summed E-state index contributed by atoms with van der Waals surface area (Å²) >= 11 is 14.1. The SMILES string of the molecule is CSC1CCC(N(C)C(=O)Cc2ccc(Cl)c(Cl)c2)C(N2CCCC2)C1. The lowest BCUT2D eigenvalue weighted by Gasteiger charge is -2.44. The third-order valence-corrected chi connectivity index (χ3v) is 7.74. The highest BCUT2D eigenvalue weighted by molar-refractivity contribution is 7.99. The zero-order valence-corrected chi connectivity index (χ0v) is 17.9. The Morgan fingerprint density at radius 1 is 1.23 bits per heavy atom. The van der Waals surface area contributed by atoms with Crippen molar-refractivity contribution in [2.75, 3.05) is 26.4 Å². The van der Waals surface area contributed by atoms with Crippen LogP contribution in [0.25, 0.3) is 0 Å². The maximum atomic E-state index is 12.9. The highest BCUT2D eigenvalue weighted by Crippen LogP contribution is 2.34. The van der Waals surface area contributed by atoms with E-state index in [2.05, 4.69) is 11.2 Å². The summed E-state index contributed by atoms with van der Waals surface area (Å²) < 4.78 is 0. The second-order valence-electron chi connectivity index (χ2n) is 7.48. The molecule has 1 aliphatic carbocycles. The minimum absolute atomic E-state index is 0.167. The molecule has 0 N–H and O–H groups in total. The Kier molecular flexibility index (Phi) is 7.18. The van der Waals surface area contributed by atoms with Crippen LogP contribution in [0.15, 0.2) is 18.2 Å². The zero-order chi connectivity index (χ0) is 18.7. The van der Waals surface area contributed by atoms with Crippen LogP contribution in [0.3, 0.4) is 0 Å². The van der Waals surface area contributed by atoms with Gasteiger partial charge in [-0.2, -0.15) is 11.8 Å². The van der Waals surface area contributed by atoms with E-state index < -0.39 is 0 Å². The summed E-state index contributed by atoms with van der Waals surface area (Å²) in [5.74, 6) is 0.167. The maximum absolute atomic E-state index is 12.9. The first-order valence-electron chi connectivity index (χ1n) is 9.46. The van der Waals surface area contributed by atoms with E-state index in [0.29, 0.717) is 28.5 Å². The lowest BCUT2D eigenvalue weighted by atomic mass is 9.87. The van der Waals surface area contributed by atoms with Crippen LogP contribution in [0.4, 0.5) is 0 Å². The number of hydrogen-bond donors (Lipinski definition) is 0. The first-order chi connectivity index (χ1) is 12.5. The Morgan fingerprint density at radius 2 is 1.96 bits per heavy atom. The molecule has 6 heteroatoms. The summed E-state index contributed by atoms with van der Waals surface area (Å²) in [6, 6.07) is 6.27. The van der Waals surface area contributed by atoms with Crippen LogP contribution in [0.5, 0.6) is 0 Å². The fourth-order valence-electron chi connectivity index (χ4n) is 4.36. The Labute approximate surface area is 171 Å². The molecule has 1 heterocycles. The molecule has 0 radical (unpaired) electrons. The number of amides is 1. The summed E-state index contributed by atoms with van der Waals surface area (Å²) in [6.45, 7) is 2.36. The van der Waals surface area contributed by atoms with E-state index >= 15 is 0 Å². The molecule has 3 atom stereocenters. The van der Waals surface area contributed by atoms with Crippen molar-refractivity contribution in [3.05, 3.63) is 33.8 Å². The third-order valence-electron chi connectivity index (χ3n) is 5.91. The van der Waals surface area contributed by atoms with Crippen molar-refractivity contribution < 1.29 is 4.79 Å². The van der Waals surface area contributed by atoms with Gasteiger partial charge in [-0.25, -0.2) is 0 Å². The molecule has 0 aromatic heterocycles. The van der Waals surface area contributed by atoms with Crippen molar-refractivity contribution in [1.82, 2.24) is 9.80 Å². The van der Waals surface area contributed by atoms with Crippen LogP contribution >= 0.6 is 35.0 Å². The molecule has 3 nitrogen and oxygen atoms in total. The summed E-state index contributed by atoms with van der Waals surface area (Å²) in [4.78, 5) is 17.6. The van der Waals surface area contributed by atoms with E-state index in [4.69, 9.17) is 23.2 Å². The summed E-state index contributed by atoms with van der Waals surface area (Å²) in [7, 11) is 1.98. The maximum Gasteiger partial charge on any atom is 0.227 e. The third kappa shape index (κ3) is 4.70. The van der Waals surface area contributed by atoms with Gasteiger partial charge in [0.25, 0.3) is 0 Å². The lowest BCUT2D eigenvalue weighted by molar-refractivity contribution is -0.133. The molecule has 0 bridgehead atoms. The van der Waals surface area contributed by atoms with Crippen LogP contribution in [0, 0.1) is 0 Å². The zero-order valence-electron chi connectivity index (χ0n) is 15.6. The monoisotopic (exact) mass is 414 g/mol. The summed E-state index contributed by atoms with van der Waals surface area (Å²) in [6.07, 6.45) is 8.64. The molecule has 2 aliphatic rings. The fourth-order valence-corrected chi connectivity index (χ4v) is 5.44. The summed E-state index contributed by atoms with van der Waals surface area (Å²) in [5, 5.41) is 1.76. The quantitative estimate of drug-likeness (QED) is 0.694. The molecule has 1 aromatic rings. The molecule has 1 saturated carbocycles. The van der Waals surface area contributed by atoms with Crippen molar-refractivity contribution in [1.29, 1.82) is 0 Å². The molecule has 1 aliphatic heterocycles. The molecule has 3 unspecified atom stereocenters. The molecule has 0 spiro atoms. The van der Waals surface area contributed by atoms with Gasteiger partial charge < -0.3 is 4.90 Å². The van der Waals surface area contributed by atoms with Gasteiger partial charge in [0.05, 0.1) is 16.5 Å².